The van der Waals surface area contributed by atoms with Crippen molar-refractivity contribution >= 4 is 27.6 Å². The van der Waals surface area contributed by atoms with Crippen molar-refractivity contribution in [2.45, 2.75) is 12.5 Å². The van der Waals surface area contributed by atoms with Crippen molar-refractivity contribution in [1.82, 2.24) is 0 Å². The molecule has 0 fully saturated rings. The molecular weight excluding hydrogens is 302 g/mol. The fraction of sp³-hybridized carbons (Fsp3) is 0.417. The van der Waals surface area contributed by atoms with Gasteiger partial charge in [0, 0.05) is 23.9 Å². The Morgan fingerprint density at radius 2 is 2.28 bits per heavy atom. The molecule has 18 heavy (non-hydrogen) atoms. The third-order valence-electron chi connectivity index (χ3n) is 2.42. The Morgan fingerprint density at radius 1 is 1.56 bits per heavy atom. The predicted octanol–water partition coefficient (Wildman–Crippen LogP) is 1.96. The zero-order valence-electron chi connectivity index (χ0n) is 10.0. The summed E-state index contributed by atoms with van der Waals surface area (Å²) in [4.78, 5) is 10.9. The fourth-order valence-corrected chi connectivity index (χ4v) is 2.12. The summed E-state index contributed by atoms with van der Waals surface area (Å²) in [5, 5.41) is 21.0. The van der Waals surface area contributed by atoms with Gasteiger partial charge in [-0.1, -0.05) is 0 Å². The molecule has 1 aromatic carbocycles. The first-order valence-electron chi connectivity index (χ1n) is 5.47. The van der Waals surface area contributed by atoms with Crippen molar-refractivity contribution in [1.29, 1.82) is 0 Å². The monoisotopic (exact) mass is 317 g/mol. The maximum atomic E-state index is 10.9. The molecule has 0 radical (unpaired) electrons. The zero-order valence-corrected chi connectivity index (χ0v) is 11.6. The first-order valence-corrected chi connectivity index (χ1v) is 6.27. The topological polar surface area (TPSA) is 78.8 Å². The van der Waals surface area contributed by atoms with Crippen LogP contribution in [0.25, 0.3) is 0 Å². The molecule has 6 heteroatoms. The quantitative estimate of drug-likeness (QED) is 0.716. The second-order valence-electron chi connectivity index (χ2n) is 3.81. The second-order valence-corrected chi connectivity index (χ2v) is 4.66. The van der Waals surface area contributed by atoms with Crippen LogP contribution in [0.4, 0.5) is 5.69 Å². The van der Waals surface area contributed by atoms with Crippen LogP contribution in [0.2, 0.25) is 0 Å². The van der Waals surface area contributed by atoms with Gasteiger partial charge in [0.1, 0.15) is 0 Å². The SMILES string of the molecule is COCC(CCO)Nc1ccc(C(=O)O)c(Br)c1. The number of halogens is 1. The number of anilines is 1. The third-order valence-corrected chi connectivity index (χ3v) is 3.07. The van der Waals surface area contributed by atoms with Crippen molar-refractivity contribution in [2.24, 2.45) is 0 Å². The number of aliphatic hydroxyl groups excluding tert-OH is 1. The van der Waals surface area contributed by atoms with E-state index in [1.54, 1.807) is 19.2 Å². The largest absolute Gasteiger partial charge is 0.478 e. The Kier molecular flexibility index (Phi) is 6.11. The molecule has 0 aliphatic rings. The van der Waals surface area contributed by atoms with Crippen LogP contribution in [0.15, 0.2) is 22.7 Å². The summed E-state index contributed by atoms with van der Waals surface area (Å²) < 4.78 is 5.56. The Morgan fingerprint density at radius 3 is 2.78 bits per heavy atom. The number of carbonyl (C=O) groups is 1. The molecule has 0 aliphatic carbocycles. The van der Waals surface area contributed by atoms with Gasteiger partial charge in [-0.05, 0) is 40.5 Å². The number of aromatic carboxylic acids is 1. The maximum Gasteiger partial charge on any atom is 0.336 e. The third kappa shape index (κ3) is 4.29. The van der Waals surface area contributed by atoms with E-state index in [9.17, 15) is 4.79 Å². The minimum absolute atomic E-state index is 0.0115. The summed E-state index contributed by atoms with van der Waals surface area (Å²) in [6, 6.07) is 4.90. The van der Waals surface area contributed by atoms with E-state index < -0.39 is 5.97 Å². The van der Waals surface area contributed by atoms with Gasteiger partial charge in [-0.25, -0.2) is 4.79 Å². The van der Waals surface area contributed by atoms with Crippen LogP contribution in [0.1, 0.15) is 16.8 Å². The van der Waals surface area contributed by atoms with Gasteiger partial charge in [-0.2, -0.15) is 0 Å². The summed E-state index contributed by atoms with van der Waals surface area (Å²) >= 11 is 3.21. The molecule has 1 atom stereocenters. The molecule has 0 saturated carbocycles. The van der Waals surface area contributed by atoms with Crippen molar-refractivity contribution in [3.05, 3.63) is 28.2 Å². The van der Waals surface area contributed by atoms with Crippen LogP contribution in [0.3, 0.4) is 0 Å². The maximum absolute atomic E-state index is 10.9. The molecule has 1 unspecified atom stereocenters. The summed E-state index contributed by atoms with van der Waals surface area (Å²) in [7, 11) is 1.59. The Labute approximate surface area is 114 Å². The molecule has 0 spiro atoms. The van der Waals surface area contributed by atoms with Crippen LogP contribution in [-0.4, -0.2) is 42.5 Å². The number of rotatable bonds is 7. The number of aliphatic hydroxyl groups is 1. The molecule has 0 bridgehead atoms. The van der Waals surface area contributed by atoms with Crippen LogP contribution in [0.5, 0.6) is 0 Å². The molecule has 100 valence electrons. The highest BCUT2D eigenvalue weighted by Gasteiger charge is 2.11. The Hall–Kier alpha value is -1.11. The van der Waals surface area contributed by atoms with Crippen LogP contribution in [0, 0.1) is 0 Å². The number of carboxylic acid groups (broad SMARTS) is 1. The summed E-state index contributed by atoms with van der Waals surface area (Å²) in [5.74, 6) is -0.975. The van der Waals surface area contributed by atoms with Gasteiger partial charge in [0.15, 0.2) is 0 Å². The number of hydrogen-bond acceptors (Lipinski definition) is 4. The Bertz CT molecular complexity index is 405. The van der Waals surface area contributed by atoms with Gasteiger partial charge < -0.3 is 20.3 Å². The lowest BCUT2D eigenvalue weighted by atomic mass is 10.1. The highest BCUT2D eigenvalue weighted by molar-refractivity contribution is 9.10. The van der Waals surface area contributed by atoms with E-state index in [1.807, 2.05) is 0 Å². The lowest BCUT2D eigenvalue weighted by molar-refractivity contribution is 0.0696. The van der Waals surface area contributed by atoms with Gasteiger partial charge in [0.25, 0.3) is 0 Å². The summed E-state index contributed by atoms with van der Waals surface area (Å²) in [5.41, 5.74) is 0.994. The molecular formula is C12H16BrNO4. The molecule has 3 N–H and O–H groups in total. The van der Waals surface area contributed by atoms with Gasteiger partial charge in [-0.15, -0.1) is 0 Å². The molecule has 0 heterocycles. The predicted molar refractivity (Wildman–Crippen MR) is 72.1 cm³/mol. The lowest BCUT2D eigenvalue weighted by Gasteiger charge is -2.18. The second kappa shape index (κ2) is 7.35. The molecule has 5 nitrogen and oxygen atoms in total. The number of benzene rings is 1. The van der Waals surface area contributed by atoms with Gasteiger partial charge in [0.2, 0.25) is 0 Å². The lowest BCUT2D eigenvalue weighted by Crippen LogP contribution is -2.26. The number of hydrogen-bond donors (Lipinski definition) is 3. The van der Waals surface area contributed by atoms with Crippen molar-refractivity contribution in [2.75, 3.05) is 25.6 Å². The van der Waals surface area contributed by atoms with E-state index in [1.165, 1.54) is 6.07 Å². The van der Waals surface area contributed by atoms with Crippen molar-refractivity contribution < 1.29 is 19.7 Å². The normalized spacial score (nSPS) is 12.2. The highest BCUT2D eigenvalue weighted by Crippen LogP contribution is 2.22. The zero-order chi connectivity index (χ0) is 13.5. The molecule has 0 aliphatic heterocycles. The van der Waals surface area contributed by atoms with Crippen molar-refractivity contribution in [3.63, 3.8) is 0 Å². The van der Waals surface area contributed by atoms with E-state index in [2.05, 4.69) is 21.2 Å². The number of carboxylic acids is 1. The summed E-state index contributed by atoms with van der Waals surface area (Å²) in [6.07, 6.45) is 0.562. The van der Waals surface area contributed by atoms with Crippen LogP contribution in [-0.2, 0) is 4.74 Å². The average Bonchev–Trinajstić information content (AvgIpc) is 2.29. The average molecular weight is 318 g/mol. The number of ether oxygens (including phenoxy) is 1. The minimum atomic E-state index is -0.975. The van der Waals surface area contributed by atoms with E-state index >= 15 is 0 Å². The van der Waals surface area contributed by atoms with Crippen LogP contribution >= 0.6 is 15.9 Å². The molecule has 1 rings (SSSR count). The van der Waals surface area contributed by atoms with E-state index in [0.717, 1.165) is 5.69 Å². The number of nitrogens with one attached hydrogen (secondary N) is 1. The Balaban J connectivity index is 2.77. The number of methoxy groups -OCH3 is 1. The van der Waals surface area contributed by atoms with E-state index in [-0.39, 0.29) is 18.2 Å². The smallest absolute Gasteiger partial charge is 0.336 e. The fourth-order valence-electron chi connectivity index (χ4n) is 1.57. The highest BCUT2D eigenvalue weighted by atomic mass is 79.9. The van der Waals surface area contributed by atoms with Gasteiger partial charge >= 0.3 is 5.97 Å². The standard InChI is InChI=1S/C12H16BrNO4/c1-18-7-9(4-5-15)14-8-2-3-10(12(16)17)11(13)6-8/h2-3,6,9,14-15H,4-5,7H2,1H3,(H,16,17). The van der Waals surface area contributed by atoms with Gasteiger partial charge in [0.05, 0.1) is 18.2 Å². The van der Waals surface area contributed by atoms with E-state index in [0.29, 0.717) is 17.5 Å². The molecule has 1 aromatic rings. The molecule has 0 amide bonds. The minimum Gasteiger partial charge on any atom is -0.478 e. The van der Waals surface area contributed by atoms with Crippen LogP contribution < -0.4 is 5.32 Å². The first-order chi connectivity index (χ1) is 8.58. The van der Waals surface area contributed by atoms with E-state index in [4.69, 9.17) is 14.9 Å². The molecule has 0 aromatic heterocycles. The van der Waals surface area contributed by atoms with Crippen molar-refractivity contribution in [3.8, 4) is 0 Å². The van der Waals surface area contributed by atoms with Gasteiger partial charge in [-0.3, -0.25) is 0 Å². The first kappa shape index (κ1) is 14.9. The summed E-state index contributed by atoms with van der Waals surface area (Å²) in [6.45, 7) is 0.536. The molecule has 0 saturated heterocycles.